The van der Waals surface area contributed by atoms with E-state index in [1.807, 2.05) is 42.5 Å². The fourth-order valence-electron chi connectivity index (χ4n) is 2.81. The Morgan fingerprint density at radius 1 is 0.946 bits per heavy atom. The molecule has 1 aromatic heterocycles. The minimum absolute atomic E-state index is 0.0462. The lowest BCUT2D eigenvalue weighted by Crippen LogP contribution is -2.51. The van der Waals surface area contributed by atoms with Gasteiger partial charge in [0.25, 0.3) is 5.91 Å². The van der Waals surface area contributed by atoms with Crippen molar-refractivity contribution in [2.75, 3.05) is 12.0 Å². The van der Waals surface area contributed by atoms with E-state index >= 15 is 0 Å². The van der Waals surface area contributed by atoms with Gasteiger partial charge >= 0.3 is 6.09 Å². The number of nitrogens with zero attached hydrogens (tertiary/aromatic N) is 1. The molecule has 0 fully saturated rings. The number of amides is 2. The van der Waals surface area contributed by atoms with Crippen LogP contribution in [-0.4, -0.2) is 43.6 Å². The summed E-state index contributed by atoms with van der Waals surface area (Å²) in [7, 11) is -1.92. The van der Waals surface area contributed by atoms with Crippen LogP contribution >= 0.6 is 0 Å². The van der Waals surface area contributed by atoms with E-state index in [-0.39, 0.29) is 11.6 Å². The minimum Gasteiger partial charge on any atom is -0.444 e. The first kappa shape index (κ1) is 30.3. The van der Waals surface area contributed by atoms with Gasteiger partial charge in [0.15, 0.2) is 8.32 Å². The number of carbonyl (C=O) groups is 2. The largest absolute Gasteiger partial charge is 0.444 e. The Bertz CT molecular complexity index is 1020. The number of alkyl carbamates (subject to hydrolysis) is 1. The lowest BCUT2D eigenvalue weighted by atomic mass is 10.2. The zero-order chi connectivity index (χ0) is 27.7. The topological polar surface area (TPSA) is 111 Å². The van der Waals surface area contributed by atoms with Crippen LogP contribution in [0, 0.1) is 0 Å². The average molecular weight is 531 g/mol. The van der Waals surface area contributed by atoms with E-state index in [1.165, 1.54) is 0 Å². The van der Waals surface area contributed by atoms with Crippen LogP contribution in [0.3, 0.4) is 0 Å². The molecule has 1 aromatic carbocycles. The summed E-state index contributed by atoms with van der Waals surface area (Å²) < 4.78 is 17.3. The fourth-order valence-corrected chi connectivity index (χ4v) is 3.76. The number of carbonyl (C=O) groups excluding carboxylic acids is 2. The number of benzene rings is 1. The standard InChI is InChI=1S/C27H42N4O5Si/c1-26(2,3)36-25(33)29-22(19-34-17-20-13-10-9-11-14-20)24(32)31-30-23-16-12-15-21(28-23)18-35-37(7,8)27(4,5)6/h9-16,22H,17-19H2,1-8H3,(H,28,30)(H,29,33)(H,31,32)/t22-/m1/s1. The maximum atomic E-state index is 12.9. The van der Waals surface area contributed by atoms with Crippen LogP contribution in [0.1, 0.15) is 52.8 Å². The summed E-state index contributed by atoms with van der Waals surface area (Å²) >= 11 is 0. The molecular weight excluding hydrogens is 488 g/mol. The third-order valence-electron chi connectivity index (χ3n) is 5.91. The number of nitrogens with one attached hydrogen (secondary N) is 3. The number of aromatic nitrogens is 1. The number of hydrazine groups is 1. The fraction of sp³-hybridized carbons (Fsp3) is 0.519. The Morgan fingerprint density at radius 3 is 2.24 bits per heavy atom. The summed E-state index contributed by atoms with van der Waals surface area (Å²) in [5.74, 6) is -0.0467. The number of ether oxygens (including phenoxy) is 2. The average Bonchev–Trinajstić information content (AvgIpc) is 2.80. The second-order valence-corrected chi connectivity index (χ2v) is 16.2. The smallest absolute Gasteiger partial charge is 0.408 e. The quantitative estimate of drug-likeness (QED) is 0.272. The predicted octanol–water partition coefficient (Wildman–Crippen LogP) is 5.16. The van der Waals surface area contributed by atoms with Gasteiger partial charge < -0.3 is 19.2 Å². The molecule has 0 aliphatic carbocycles. The molecule has 2 aromatic rings. The van der Waals surface area contributed by atoms with Crippen LogP contribution in [0.2, 0.25) is 18.1 Å². The summed E-state index contributed by atoms with van der Waals surface area (Å²) in [6.07, 6.45) is -0.709. The molecule has 0 bridgehead atoms. The maximum absolute atomic E-state index is 12.9. The SMILES string of the molecule is CC(C)(C)OC(=O)N[C@H](COCc1ccccc1)C(=O)NNc1cccc(CO[Si](C)(C)C(C)(C)C)n1. The van der Waals surface area contributed by atoms with Crippen molar-refractivity contribution in [3.63, 3.8) is 0 Å². The molecule has 204 valence electrons. The summed E-state index contributed by atoms with van der Waals surface area (Å²) in [4.78, 5) is 29.8. The van der Waals surface area contributed by atoms with Crippen LogP contribution in [-0.2, 0) is 31.9 Å². The number of hydrogen-bond donors (Lipinski definition) is 3. The Kier molecular flexibility index (Phi) is 10.7. The van der Waals surface area contributed by atoms with Gasteiger partial charge in [-0.3, -0.25) is 15.6 Å². The van der Waals surface area contributed by atoms with Crippen LogP contribution in [0.15, 0.2) is 48.5 Å². The van der Waals surface area contributed by atoms with E-state index in [0.717, 1.165) is 11.3 Å². The van der Waals surface area contributed by atoms with Crippen LogP contribution < -0.4 is 16.2 Å². The molecule has 0 saturated heterocycles. The van der Waals surface area contributed by atoms with E-state index in [1.54, 1.807) is 26.8 Å². The van der Waals surface area contributed by atoms with Gasteiger partial charge in [-0.2, -0.15) is 0 Å². The monoisotopic (exact) mass is 530 g/mol. The highest BCUT2D eigenvalue weighted by Crippen LogP contribution is 2.37. The van der Waals surface area contributed by atoms with Crippen molar-refractivity contribution in [1.29, 1.82) is 0 Å². The summed E-state index contributed by atoms with van der Waals surface area (Å²) in [5.41, 5.74) is 6.43. The third kappa shape index (κ3) is 10.9. The van der Waals surface area contributed by atoms with Crippen molar-refractivity contribution in [3.8, 4) is 0 Å². The molecule has 0 unspecified atom stereocenters. The number of anilines is 1. The highest BCUT2D eigenvalue weighted by atomic mass is 28.4. The normalized spacial score (nSPS) is 13.0. The molecule has 0 spiro atoms. The summed E-state index contributed by atoms with van der Waals surface area (Å²) in [5, 5.41) is 2.68. The number of pyridine rings is 1. The first-order valence-corrected chi connectivity index (χ1v) is 15.3. The molecule has 0 saturated carbocycles. The van der Waals surface area contributed by atoms with Crippen molar-refractivity contribution in [2.24, 2.45) is 0 Å². The van der Waals surface area contributed by atoms with E-state index < -0.39 is 32.0 Å². The van der Waals surface area contributed by atoms with E-state index in [0.29, 0.717) is 19.0 Å². The van der Waals surface area contributed by atoms with Crippen molar-refractivity contribution < 1.29 is 23.5 Å². The lowest BCUT2D eigenvalue weighted by molar-refractivity contribution is -0.124. The van der Waals surface area contributed by atoms with Crippen molar-refractivity contribution >= 4 is 26.1 Å². The van der Waals surface area contributed by atoms with Crippen molar-refractivity contribution in [3.05, 3.63) is 59.8 Å². The first-order valence-electron chi connectivity index (χ1n) is 12.4. The highest BCUT2D eigenvalue weighted by Gasteiger charge is 2.37. The molecular formula is C27H42N4O5Si. The van der Waals surface area contributed by atoms with E-state index in [4.69, 9.17) is 13.9 Å². The second-order valence-electron chi connectivity index (χ2n) is 11.4. The minimum atomic E-state index is -1.92. The van der Waals surface area contributed by atoms with Crippen molar-refractivity contribution in [1.82, 2.24) is 15.7 Å². The summed E-state index contributed by atoms with van der Waals surface area (Å²) in [6.45, 7) is 16.8. The van der Waals surface area contributed by atoms with Gasteiger partial charge in [-0.15, -0.1) is 0 Å². The van der Waals surface area contributed by atoms with Gasteiger partial charge in [-0.25, -0.2) is 9.78 Å². The molecule has 37 heavy (non-hydrogen) atoms. The number of rotatable bonds is 11. The molecule has 0 aliphatic rings. The summed E-state index contributed by atoms with van der Waals surface area (Å²) in [6, 6.07) is 14.0. The Labute approximate surface area is 221 Å². The van der Waals surface area contributed by atoms with Gasteiger partial charge in [-0.1, -0.05) is 57.2 Å². The molecule has 10 heteroatoms. The van der Waals surface area contributed by atoms with Crippen molar-refractivity contribution in [2.45, 2.75) is 84.5 Å². The van der Waals surface area contributed by atoms with Gasteiger partial charge in [0.2, 0.25) is 0 Å². The van der Waals surface area contributed by atoms with Crippen LogP contribution in [0.4, 0.5) is 10.6 Å². The highest BCUT2D eigenvalue weighted by molar-refractivity contribution is 6.74. The molecule has 2 amide bonds. The second kappa shape index (κ2) is 13.0. The number of hydrogen-bond acceptors (Lipinski definition) is 7. The predicted molar refractivity (Wildman–Crippen MR) is 147 cm³/mol. The maximum Gasteiger partial charge on any atom is 0.408 e. The van der Waals surface area contributed by atoms with Gasteiger partial charge in [0.1, 0.15) is 17.5 Å². The zero-order valence-corrected chi connectivity index (χ0v) is 24.3. The van der Waals surface area contributed by atoms with Crippen LogP contribution in [0.5, 0.6) is 0 Å². The van der Waals surface area contributed by atoms with Gasteiger partial charge in [0.05, 0.1) is 25.5 Å². The molecule has 1 heterocycles. The first-order chi connectivity index (χ1) is 17.2. The van der Waals surface area contributed by atoms with Gasteiger partial charge in [0, 0.05) is 0 Å². The Morgan fingerprint density at radius 2 is 1.62 bits per heavy atom. The molecule has 9 nitrogen and oxygen atoms in total. The Hall–Kier alpha value is -2.95. The third-order valence-corrected chi connectivity index (χ3v) is 10.4. The van der Waals surface area contributed by atoms with E-state index in [9.17, 15) is 9.59 Å². The molecule has 3 N–H and O–H groups in total. The molecule has 2 rings (SSSR count). The van der Waals surface area contributed by atoms with Gasteiger partial charge in [-0.05, 0) is 56.6 Å². The molecule has 0 radical (unpaired) electrons. The van der Waals surface area contributed by atoms with E-state index in [2.05, 4.69) is 55.0 Å². The zero-order valence-electron chi connectivity index (χ0n) is 23.3. The Balaban J connectivity index is 1.99. The molecule has 1 atom stereocenters. The molecule has 0 aliphatic heterocycles. The van der Waals surface area contributed by atoms with Crippen LogP contribution in [0.25, 0.3) is 0 Å². The lowest BCUT2D eigenvalue weighted by Gasteiger charge is -2.36.